The number of carbonyl (C=O) groups is 1. The van der Waals surface area contributed by atoms with Crippen LogP contribution in [-0.2, 0) is 7.05 Å². The molecule has 0 atom stereocenters. The third-order valence-corrected chi connectivity index (χ3v) is 3.47. The van der Waals surface area contributed by atoms with Gasteiger partial charge in [-0.05, 0) is 31.5 Å². The highest BCUT2D eigenvalue weighted by molar-refractivity contribution is 9.10. The fourth-order valence-electron chi connectivity index (χ4n) is 1.89. The minimum Gasteiger partial charge on any atom is -0.477 e. The van der Waals surface area contributed by atoms with Crippen LogP contribution in [0.5, 0.6) is 0 Å². The van der Waals surface area contributed by atoms with Gasteiger partial charge >= 0.3 is 5.97 Å². The van der Waals surface area contributed by atoms with Gasteiger partial charge in [-0.3, -0.25) is 0 Å². The smallest absolute Gasteiger partial charge is 0.354 e. The lowest BCUT2D eigenvalue weighted by Gasteiger charge is -2.05. The van der Waals surface area contributed by atoms with E-state index >= 15 is 0 Å². The molecule has 0 aliphatic heterocycles. The molecule has 5 heteroatoms. The Morgan fingerprint density at radius 1 is 1.39 bits per heavy atom. The summed E-state index contributed by atoms with van der Waals surface area (Å²) in [6, 6.07) is 5.76. The van der Waals surface area contributed by atoms with Gasteiger partial charge in [0.05, 0.1) is 0 Å². The van der Waals surface area contributed by atoms with Gasteiger partial charge in [-0.1, -0.05) is 22.0 Å². The standard InChI is InChI=1S/C13H13BrN2O2/c1-7-4-5-9(14)6-10(7)11-12(13(17)18)16(3)8(2)15-11/h4-6H,1-3H3,(H,17,18). The molecule has 18 heavy (non-hydrogen) atoms. The topological polar surface area (TPSA) is 55.1 Å². The number of halogens is 1. The fraction of sp³-hybridized carbons (Fsp3) is 0.231. The monoisotopic (exact) mass is 308 g/mol. The molecule has 1 aromatic carbocycles. The quantitative estimate of drug-likeness (QED) is 0.927. The molecule has 0 spiro atoms. The molecule has 0 saturated carbocycles. The lowest BCUT2D eigenvalue weighted by molar-refractivity contribution is 0.0687. The number of aryl methyl sites for hydroxylation is 2. The molecule has 2 rings (SSSR count). The molecular weight excluding hydrogens is 296 g/mol. The van der Waals surface area contributed by atoms with Crippen LogP contribution in [0.15, 0.2) is 22.7 Å². The highest BCUT2D eigenvalue weighted by Gasteiger charge is 2.21. The highest BCUT2D eigenvalue weighted by atomic mass is 79.9. The van der Waals surface area contributed by atoms with Crippen molar-refractivity contribution < 1.29 is 9.90 Å². The summed E-state index contributed by atoms with van der Waals surface area (Å²) >= 11 is 3.40. The Morgan fingerprint density at radius 2 is 2.06 bits per heavy atom. The van der Waals surface area contributed by atoms with Gasteiger partial charge in [0.25, 0.3) is 0 Å². The third-order valence-electron chi connectivity index (χ3n) is 2.98. The van der Waals surface area contributed by atoms with Crippen LogP contribution in [-0.4, -0.2) is 20.6 Å². The van der Waals surface area contributed by atoms with Crippen molar-refractivity contribution in [3.05, 3.63) is 39.8 Å². The number of aromatic carboxylic acids is 1. The van der Waals surface area contributed by atoms with Gasteiger partial charge in [0, 0.05) is 17.1 Å². The van der Waals surface area contributed by atoms with Gasteiger partial charge in [0.1, 0.15) is 11.5 Å². The molecule has 0 fully saturated rings. The van der Waals surface area contributed by atoms with Gasteiger partial charge in [-0.25, -0.2) is 9.78 Å². The van der Waals surface area contributed by atoms with Gasteiger partial charge < -0.3 is 9.67 Å². The number of aromatic nitrogens is 2. The van der Waals surface area contributed by atoms with Crippen LogP contribution in [0.4, 0.5) is 0 Å². The maximum atomic E-state index is 11.4. The molecule has 1 N–H and O–H groups in total. The molecule has 1 aromatic heterocycles. The first-order chi connectivity index (χ1) is 8.41. The average molecular weight is 309 g/mol. The van der Waals surface area contributed by atoms with Gasteiger partial charge in [-0.15, -0.1) is 0 Å². The zero-order valence-electron chi connectivity index (χ0n) is 10.4. The van der Waals surface area contributed by atoms with E-state index in [0.29, 0.717) is 11.5 Å². The summed E-state index contributed by atoms with van der Waals surface area (Å²) in [5.41, 5.74) is 2.57. The average Bonchev–Trinajstić information content (AvgIpc) is 2.59. The fourth-order valence-corrected chi connectivity index (χ4v) is 2.25. The van der Waals surface area contributed by atoms with Crippen molar-refractivity contribution in [3.8, 4) is 11.3 Å². The minimum atomic E-state index is -0.965. The van der Waals surface area contributed by atoms with Crippen LogP contribution in [0.1, 0.15) is 21.9 Å². The summed E-state index contributed by atoms with van der Waals surface area (Å²) in [5, 5.41) is 9.31. The van der Waals surface area contributed by atoms with Crippen LogP contribution in [0.3, 0.4) is 0 Å². The summed E-state index contributed by atoms with van der Waals surface area (Å²) in [7, 11) is 1.71. The molecule has 0 radical (unpaired) electrons. The van der Waals surface area contributed by atoms with Crippen molar-refractivity contribution in [2.75, 3.05) is 0 Å². The van der Waals surface area contributed by atoms with E-state index < -0.39 is 5.97 Å². The summed E-state index contributed by atoms with van der Waals surface area (Å²) in [4.78, 5) is 15.7. The summed E-state index contributed by atoms with van der Waals surface area (Å²) in [6.07, 6.45) is 0. The largest absolute Gasteiger partial charge is 0.477 e. The molecule has 0 aliphatic rings. The van der Waals surface area contributed by atoms with Gasteiger partial charge in [0.2, 0.25) is 0 Å². The van der Waals surface area contributed by atoms with Crippen LogP contribution in [0, 0.1) is 13.8 Å². The lowest BCUT2D eigenvalue weighted by Crippen LogP contribution is -2.07. The Kier molecular flexibility index (Phi) is 3.26. The van der Waals surface area contributed by atoms with Crippen LogP contribution >= 0.6 is 15.9 Å². The van der Waals surface area contributed by atoms with Crippen molar-refractivity contribution in [2.45, 2.75) is 13.8 Å². The van der Waals surface area contributed by atoms with Crippen molar-refractivity contribution in [1.82, 2.24) is 9.55 Å². The first-order valence-corrected chi connectivity index (χ1v) is 6.24. The molecule has 2 aromatic rings. The van der Waals surface area contributed by atoms with Crippen LogP contribution in [0.2, 0.25) is 0 Å². The Balaban J connectivity index is 2.75. The van der Waals surface area contributed by atoms with E-state index in [1.807, 2.05) is 25.1 Å². The first-order valence-electron chi connectivity index (χ1n) is 5.45. The second kappa shape index (κ2) is 4.57. The summed E-state index contributed by atoms with van der Waals surface area (Å²) in [6.45, 7) is 3.74. The molecule has 0 saturated heterocycles. The summed E-state index contributed by atoms with van der Waals surface area (Å²) < 4.78 is 2.50. The number of hydrogen-bond donors (Lipinski definition) is 1. The van der Waals surface area contributed by atoms with E-state index in [9.17, 15) is 9.90 Å². The zero-order chi connectivity index (χ0) is 13.4. The Labute approximate surface area is 113 Å². The maximum absolute atomic E-state index is 11.4. The van der Waals surface area contributed by atoms with Gasteiger partial charge in [0.15, 0.2) is 5.69 Å². The summed E-state index contributed by atoms with van der Waals surface area (Å²) in [5.74, 6) is -0.283. The molecule has 4 nitrogen and oxygen atoms in total. The molecule has 0 unspecified atom stereocenters. The van der Waals surface area contributed by atoms with E-state index in [1.54, 1.807) is 18.5 Å². The van der Waals surface area contributed by atoms with Crippen molar-refractivity contribution in [1.29, 1.82) is 0 Å². The molecule has 0 bridgehead atoms. The predicted molar refractivity (Wildman–Crippen MR) is 72.8 cm³/mol. The first kappa shape index (κ1) is 12.8. The second-order valence-electron chi connectivity index (χ2n) is 4.18. The Morgan fingerprint density at radius 3 is 2.67 bits per heavy atom. The maximum Gasteiger partial charge on any atom is 0.354 e. The number of benzene rings is 1. The molecule has 0 amide bonds. The molecule has 0 aliphatic carbocycles. The van der Waals surface area contributed by atoms with E-state index in [2.05, 4.69) is 20.9 Å². The zero-order valence-corrected chi connectivity index (χ0v) is 11.9. The van der Waals surface area contributed by atoms with E-state index in [4.69, 9.17) is 0 Å². The highest BCUT2D eigenvalue weighted by Crippen LogP contribution is 2.29. The molecular formula is C13H13BrN2O2. The van der Waals surface area contributed by atoms with E-state index in [1.165, 1.54) is 0 Å². The minimum absolute atomic E-state index is 0.216. The van der Waals surface area contributed by atoms with Crippen molar-refractivity contribution >= 4 is 21.9 Å². The van der Waals surface area contributed by atoms with Gasteiger partial charge in [-0.2, -0.15) is 0 Å². The van der Waals surface area contributed by atoms with E-state index in [-0.39, 0.29) is 5.69 Å². The molecule has 1 heterocycles. The van der Waals surface area contributed by atoms with Crippen molar-refractivity contribution in [2.24, 2.45) is 7.05 Å². The number of carboxylic acids is 1. The second-order valence-corrected chi connectivity index (χ2v) is 5.10. The van der Waals surface area contributed by atoms with E-state index in [0.717, 1.165) is 15.6 Å². The SMILES string of the molecule is Cc1ccc(Br)cc1-c1nc(C)n(C)c1C(=O)O. The number of nitrogens with zero attached hydrogens (tertiary/aromatic N) is 2. The lowest BCUT2D eigenvalue weighted by atomic mass is 10.0. The Hall–Kier alpha value is -1.62. The normalized spacial score (nSPS) is 10.7. The van der Waals surface area contributed by atoms with Crippen LogP contribution in [0.25, 0.3) is 11.3 Å². The van der Waals surface area contributed by atoms with Crippen molar-refractivity contribution in [3.63, 3.8) is 0 Å². The molecule has 94 valence electrons. The number of hydrogen-bond acceptors (Lipinski definition) is 2. The third kappa shape index (κ3) is 2.06. The number of imidazole rings is 1. The Bertz CT molecular complexity index is 632. The number of rotatable bonds is 2. The number of carboxylic acid groups (broad SMARTS) is 1. The predicted octanol–water partition coefficient (Wildman–Crippen LogP) is 3.16. The van der Waals surface area contributed by atoms with Crippen LogP contribution < -0.4 is 0 Å².